The van der Waals surface area contributed by atoms with Gasteiger partial charge in [0.15, 0.2) is 0 Å². The number of hydrogen-bond donors (Lipinski definition) is 0. The van der Waals surface area contributed by atoms with Crippen LogP contribution in [0.2, 0.25) is 0 Å². The molecule has 3 rings (SSSR count). The van der Waals surface area contributed by atoms with Crippen molar-refractivity contribution >= 4 is 46.4 Å². The number of benzene rings is 1. The Bertz CT molecular complexity index is 878. The van der Waals surface area contributed by atoms with Crippen LogP contribution in [0.3, 0.4) is 0 Å². The van der Waals surface area contributed by atoms with Crippen LogP contribution in [0, 0.1) is 0 Å². The molecule has 0 spiro atoms. The van der Waals surface area contributed by atoms with Gasteiger partial charge in [0.1, 0.15) is 11.4 Å². The number of halogens is 3. The predicted molar refractivity (Wildman–Crippen MR) is 139 cm³/mol. The van der Waals surface area contributed by atoms with E-state index in [9.17, 15) is 0 Å². The van der Waals surface area contributed by atoms with Crippen molar-refractivity contribution in [2.24, 2.45) is 0 Å². The van der Waals surface area contributed by atoms with Crippen molar-refractivity contribution in [3.05, 3.63) is 53.3 Å². The molecule has 0 amide bonds. The number of hydrogen-bond acceptors (Lipinski definition) is 3. The molecule has 0 unspecified atom stereocenters. The fraction of sp³-hybridized carbons (Fsp3) is 0.458. The van der Waals surface area contributed by atoms with E-state index in [1.54, 1.807) is 0 Å². The van der Waals surface area contributed by atoms with Gasteiger partial charge < -0.3 is 14.0 Å². The summed E-state index contributed by atoms with van der Waals surface area (Å²) in [6, 6.07) is 12.3. The van der Waals surface area contributed by atoms with E-state index in [4.69, 9.17) is 9.72 Å². The van der Waals surface area contributed by atoms with Crippen molar-refractivity contribution < 1.29 is 4.74 Å². The van der Waals surface area contributed by atoms with Crippen molar-refractivity contribution in [2.75, 3.05) is 26.2 Å². The van der Waals surface area contributed by atoms with Gasteiger partial charge in [-0.3, -0.25) is 0 Å². The monoisotopic (exact) mass is 529 g/mol. The zero-order valence-electron chi connectivity index (χ0n) is 18.4. The average Bonchev–Trinajstić information content (AvgIpc) is 3.16. The molecule has 3 aromatic rings. The number of aromatic nitrogens is 2. The maximum Gasteiger partial charge on any atom is 0.137 e. The Kier molecular flexibility index (Phi) is 13.2. The van der Waals surface area contributed by atoms with Crippen LogP contribution in [0.25, 0.3) is 16.9 Å². The second-order valence-electron chi connectivity index (χ2n) is 7.51. The lowest BCUT2D eigenvalue weighted by Gasteiger charge is -2.21. The summed E-state index contributed by atoms with van der Waals surface area (Å²) in [5.74, 6) is 0.925. The summed E-state index contributed by atoms with van der Waals surface area (Å²) < 4.78 is 9.05. The van der Waals surface area contributed by atoms with E-state index >= 15 is 0 Å². The Morgan fingerprint density at radius 1 is 0.871 bits per heavy atom. The van der Waals surface area contributed by atoms with Crippen LogP contribution >= 0.6 is 40.7 Å². The number of imidazole rings is 1. The molecule has 0 aliphatic carbocycles. The lowest BCUT2D eigenvalue weighted by atomic mass is 10.2. The van der Waals surface area contributed by atoms with Crippen LogP contribution < -0.4 is 4.74 Å². The van der Waals surface area contributed by atoms with E-state index in [0.717, 1.165) is 46.7 Å². The number of fused-ring (bicyclic) bond motifs is 1. The summed E-state index contributed by atoms with van der Waals surface area (Å²) in [7, 11) is 0. The molecule has 2 aromatic heterocycles. The Morgan fingerprint density at radius 3 is 2.16 bits per heavy atom. The zero-order chi connectivity index (χ0) is 20.5. The summed E-state index contributed by atoms with van der Waals surface area (Å²) in [6.45, 7) is 8.82. The first-order valence-corrected chi connectivity index (χ1v) is 11.6. The molecule has 0 bridgehead atoms. The minimum absolute atomic E-state index is 0. The van der Waals surface area contributed by atoms with Crippen molar-refractivity contribution in [1.29, 1.82) is 0 Å². The van der Waals surface area contributed by atoms with Crippen molar-refractivity contribution in [1.82, 2.24) is 14.3 Å². The molecule has 0 aliphatic rings. The second-order valence-corrected chi connectivity index (χ2v) is 8.43. The fourth-order valence-corrected chi connectivity index (χ4v) is 3.76. The van der Waals surface area contributed by atoms with Gasteiger partial charge in [0.05, 0.1) is 12.3 Å². The summed E-state index contributed by atoms with van der Waals surface area (Å²) in [6.07, 6.45) is 10.2. The van der Waals surface area contributed by atoms with Gasteiger partial charge >= 0.3 is 0 Å². The highest BCUT2D eigenvalue weighted by atomic mass is 79.9. The fourth-order valence-electron chi connectivity index (χ4n) is 3.40. The van der Waals surface area contributed by atoms with Gasteiger partial charge in [0.2, 0.25) is 0 Å². The minimum atomic E-state index is 0. The molecule has 0 saturated carbocycles. The SMILES string of the molecule is CCCCN(CCCC)CCCOc1ccc(-c2cn3cc(Br)ccc3n2)cc1.Cl.Cl. The molecule has 1 aromatic carbocycles. The third kappa shape index (κ3) is 8.64. The number of ether oxygens (including phenoxy) is 1. The molecular weight excluding hydrogens is 497 g/mol. The number of pyridine rings is 1. The molecule has 0 radical (unpaired) electrons. The normalized spacial score (nSPS) is 10.7. The lowest BCUT2D eigenvalue weighted by molar-refractivity contribution is 0.229. The van der Waals surface area contributed by atoms with Gasteiger partial charge in [-0.15, -0.1) is 24.8 Å². The van der Waals surface area contributed by atoms with Crippen LogP contribution in [0.15, 0.2) is 53.3 Å². The van der Waals surface area contributed by atoms with Crippen LogP contribution in [0.1, 0.15) is 46.0 Å². The van der Waals surface area contributed by atoms with E-state index in [2.05, 4.69) is 53.0 Å². The van der Waals surface area contributed by atoms with Gasteiger partial charge in [-0.1, -0.05) is 26.7 Å². The molecule has 0 atom stereocenters. The van der Waals surface area contributed by atoms with E-state index in [-0.39, 0.29) is 24.8 Å². The molecule has 172 valence electrons. The number of nitrogens with zero attached hydrogens (tertiary/aromatic N) is 3. The molecule has 31 heavy (non-hydrogen) atoms. The van der Waals surface area contributed by atoms with Gasteiger partial charge in [0, 0.05) is 29.0 Å². The first-order chi connectivity index (χ1) is 14.2. The zero-order valence-corrected chi connectivity index (χ0v) is 21.6. The summed E-state index contributed by atoms with van der Waals surface area (Å²) >= 11 is 3.50. The number of rotatable bonds is 12. The van der Waals surface area contributed by atoms with Gasteiger partial charge in [-0.25, -0.2) is 4.98 Å². The van der Waals surface area contributed by atoms with Gasteiger partial charge in [0.25, 0.3) is 0 Å². The first-order valence-electron chi connectivity index (χ1n) is 10.8. The van der Waals surface area contributed by atoms with Crippen molar-refractivity contribution in [3.8, 4) is 17.0 Å². The molecule has 0 fully saturated rings. The maximum absolute atomic E-state index is 5.97. The molecule has 0 aliphatic heterocycles. The van der Waals surface area contributed by atoms with Crippen LogP contribution in [-0.2, 0) is 0 Å². The molecular formula is C24H34BrCl2N3O. The largest absolute Gasteiger partial charge is 0.494 e. The Balaban J connectivity index is 0.00000240. The highest BCUT2D eigenvalue weighted by Crippen LogP contribution is 2.23. The summed E-state index contributed by atoms with van der Waals surface area (Å²) in [5, 5.41) is 0. The Morgan fingerprint density at radius 2 is 1.52 bits per heavy atom. The molecule has 7 heteroatoms. The standard InChI is InChI=1S/C24H32BrN3O.2ClH/c1-3-5-14-27(15-6-4-2)16-7-17-29-22-11-8-20(9-12-22)23-19-28-18-21(25)10-13-24(28)26-23;;/h8-13,18-19H,3-7,14-17H2,1-2H3;2*1H. The van der Waals surface area contributed by atoms with E-state index in [1.165, 1.54) is 38.8 Å². The Labute approximate surface area is 207 Å². The third-order valence-corrected chi connectivity index (χ3v) is 5.58. The molecule has 0 N–H and O–H groups in total. The third-order valence-electron chi connectivity index (χ3n) is 5.11. The molecule has 4 nitrogen and oxygen atoms in total. The lowest BCUT2D eigenvalue weighted by Crippen LogP contribution is -2.28. The minimum Gasteiger partial charge on any atom is -0.494 e. The van der Waals surface area contributed by atoms with Gasteiger partial charge in [-0.05, 0) is 84.7 Å². The maximum atomic E-state index is 5.97. The highest BCUT2D eigenvalue weighted by molar-refractivity contribution is 9.10. The summed E-state index contributed by atoms with van der Waals surface area (Å²) in [5.41, 5.74) is 3.01. The Hall–Kier alpha value is -1.27. The predicted octanol–water partition coefficient (Wildman–Crippen LogP) is 7.28. The number of unbranched alkanes of at least 4 members (excludes halogenated alkanes) is 2. The van der Waals surface area contributed by atoms with Crippen molar-refractivity contribution in [3.63, 3.8) is 0 Å². The van der Waals surface area contributed by atoms with Crippen LogP contribution in [-0.4, -0.2) is 40.5 Å². The molecule has 2 heterocycles. The van der Waals surface area contributed by atoms with Crippen LogP contribution in [0.4, 0.5) is 0 Å². The smallest absolute Gasteiger partial charge is 0.137 e. The van der Waals surface area contributed by atoms with E-state index < -0.39 is 0 Å². The van der Waals surface area contributed by atoms with Crippen LogP contribution in [0.5, 0.6) is 5.75 Å². The van der Waals surface area contributed by atoms with Crippen molar-refractivity contribution in [2.45, 2.75) is 46.0 Å². The molecule has 0 saturated heterocycles. The second kappa shape index (κ2) is 14.7. The quantitative estimate of drug-likeness (QED) is 0.230. The average molecular weight is 531 g/mol. The topological polar surface area (TPSA) is 29.8 Å². The van der Waals surface area contributed by atoms with E-state index in [1.807, 2.05) is 34.9 Å². The van der Waals surface area contributed by atoms with Gasteiger partial charge in [-0.2, -0.15) is 0 Å². The van der Waals surface area contributed by atoms with E-state index in [0.29, 0.717) is 0 Å². The first kappa shape index (κ1) is 27.8. The summed E-state index contributed by atoms with van der Waals surface area (Å²) in [4.78, 5) is 7.28. The highest BCUT2D eigenvalue weighted by Gasteiger charge is 2.06.